The van der Waals surface area contributed by atoms with Gasteiger partial charge in [-0.3, -0.25) is 0 Å². The fraction of sp³-hybridized carbons (Fsp3) is 0.0769. The molecule has 0 unspecified atom stereocenters. The van der Waals surface area contributed by atoms with Crippen LogP contribution >= 0.6 is 0 Å². The van der Waals surface area contributed by atoms with Crippen molar-refractivity contribution in [3.05, 3.63) is 54.1 Å². The molecule has 0 spiro atoms. The largest absolute Gasteiger partial charge is 0.465 e. The number of carbonyl (C=O) groups excluding carboxylic acids is 2. The highest BCUT2D eigenvalue weighted by Crippen LogP contribution is 2.06. The first-order valence-corrected chi connectivity index (χ1v) is 4.87. The SMILES string of the molecule is COC(=O)c1ccccc(N=C=O)cccc1. The van der Waals surface area contributed by atoms with Crippen LogP contribution in [0.3, 0.4) is 0 Å². The smallest absolute Gasteiger partial charge is 0.337 e. The first-order chi connectivity index (χ1) is 8.27. The zero-order valence-corrected chi connectivity index (χ0v) is 9.29. The third-order valence-electron chi connectivity index (χ3n) is 1.90. The molecule has 0 heterocycles. The highest BCUT2D eigenvalue weighted by atomic mass is 16.5. The van der Waals surface area contributed by atoms with E-state index in [4.69, 9.17) is 0 Å². The van der Waals surface area contributed by atoms with E-state index in [9.17, 15) is 9.59 Å². The molecule has 0 saturated heterocycles. The van der Waals surface area contributed by atoms with Gasteiger partial charge in [-0.05, 0) is 24.3 Å². The Morgan fingerprint density at radius 1 is 1.12 bits per heavy atom. The molecule has 17 heavy (non-hydrogen) atoms. The summed E-state index contributed by atoms with van der Waals surface area (Å²) in [5.41, 5.74) is 0.917. The van der Waals surface area contributed by atoms with Crippen LogP contribution in [0.5, 0.6) is 0 Å². The number of hydrogen-bond donors (Lipinski definition) is 0. The molecule has 0 amide bonds. The number of methoxy groups -OCH3 is 1. The van der Waals surface area contributed by atoms with E-state index in [0.29, 0.717) is 11.3 Å². The number of isocyanates is 1. The van der Waals surface area contributed by atoms with E-state index >= 15 is 0 Å². The van der Waals surface area contributed by atoms with Gasteiger partial charge in [0, 0.05) is 0 Å². The topological polar surface area (TPSA) is 55.7 Å². The molecule has 0 atom stereocenters. The molecule has 0 radical (unpaired) electrons. The first-order valence-electron chi connectivity index (χ1n) is 4.87. The number of nitrogens with zero attached hydrogens (tertiary/aromatic N) is 1. The van der Waals surface area contributed by atoms with E-state index in [0.717, 1.165) is 0 Å². The van der Waals surface area contributed by atoms with Crippen LogP contribution in [0.25, 0.3) is 0 Å². The van der Waals surface area contributed by atoms with Gasteiger partial charge in [0.25, 0.3) is 0 Å². The van der Waals surface area contributed by atoms with Crippen LogP contribution in [0.15, 0.2) is 53.5 Å². The van der Waals surface area contributed by atoms with Gasteiger partial charge in [-0.15, -0.1) is 0 Å². The Kier molecular flexibility index (Phi) is 5.14. The number of hydrogen-bond acceptors (Lipinski definition) is 4. The Balaban J connectivity index is 3.22. The van der Waals surface area contributed by atoms with E-state index in [1.54, 1.807) is 48.5 Å². The van der Waals surface area contributed by atoms with Gasteiger partial charge in [0.05, 0.1) is 18.4 Å². The maximum absolute atomic E-state index is 11.3. The Morgan fingerprint density at radius 2 is 1.65 bits per heavy atom. The highest BCUT2D eigenvalue weighted by molar-refractivity contribution is 5.88. The van der Waals surface area contributed by atoms with Gasteiger partial charge in [-0.2, -0.15) is 4.99 Å². The molecule has 1 aromatic rings. The summed E-state index contributed by atoms with van der Waals surface area (Å²) in [5, 5.41) is 0. The average molecular weight is 229 g/mol. The monoisotopic (exact) mass is 229 g/mol. The molecule has 0 aliphatic carbocycles. The van der Waals surface area contributed by atoms with Gasteiger partial charge >= 0.3 is 5.97 Å². The van der Waals surface area contributed by atoms with Gasteiger partial charge < -0.3 is 4.74 Å². The second-order valence-corrected chi connectivity index (χ2v) is 3.01. The number of ether oxygens (including phenoxy) is 1. The van der Waals surface area contributed by atoms with Crippen LogP contribution in [0.2, 0.25) is 0 Å². The quantitative estimate of drug-likeness (QED) is 0.445. The van der Waals surface area contributed by atoms with Gasteiger partial charge in [0.2, 0.25) is 6.08 Å². The normalized spacial score (nSPS) is 8.53. The molecule has 0 aromatic heterocycles. The molecule has 4 nitrogen and oxygen atoms in total. The van der Waals surface area contributed by atoms with Crippen LogP contribution in [0.1, 0.15) is 10.4 Å². The third-order valence-corrected chi connectivity index (χ3v) is 1.90. The lowest BCUT2D eigenvalue weighted by Crippen LogP contribution is -1.98. The molecule has 0 N–H and O–H groups in total. The van der Waals surface area contributed by atoms with Gasteiger partial charge in [0.15, 0.2) is 0 Å². The predicted octanol–water partition coefficient (Wildman–Crippen LogP) is 2.56. The summed E-state index contributed by atoms with van der Waals surface area (Å²) in [5.74, 6) is -0.407. The van der Waals surface area contributed by atoms with E-state index in [1.165, 1.54) is 13.2 Å². The zero-order valence-electron chi connectivity index (χ0n) is 9.29. The summed E-state index contributed by atoms with van der Waals surface area (Å²) < 4.78 is 4.62. The zero-order chi connectivity index (χ0) is 12.5. The lowest BCUT2D eigenvalue weighted by atomic mass is 10.2. The lowest BCUT2D eigenvalue weighted by Gasteiger charge is -1.94. The number of rotatable bonds is 2. The minimum Gasteiger partial charge on any atom is -0.465 e. The fourth-order valence-electron chi connectivity index (χ4n) is 1.12. The molecule has 0 saturated carbocycles. The van der Waals surface area contributed by atoms with Crippen molar-refractivity contribution in [1.82, 2.24) is 0 Å². The van der Waals surface area contributed by atoms with E-state index in [1.807, 2.05) is 0 Å². The standard InChI is InChI=1S/C13H11NO3/c1-17-13(16)11-6-2-4-8-12(14-10-15)9-5-3-7-11/h2-9H,1H3. The molecule has 0 fully saturated rings. The summed E-state index contributed by atoms with van der Waals surface area (Å²) in [6.07, 6.45) is 1.47. The summed E-state index contributed by atoms with van der Waals surface area (Å²) in [6.45, 7) is 0. The van der Waals surface area contributed by atoms with Crippen LogP contribution < -0.4 is 0 Å². The van der Waals surface area contributed by atoms with Crippen LogP contribution in [0.4, 0.5) is 5.69 Å². The number of aliphatic imine (C=N–C) groups is 1. The molecule has 0 aliphatic heterocycles. The molecule has 4 heteroatoms. The molecule has 86 valence electrons. The second kappa shape index (κ2) is 6.93. The molecule has 0 bridgehead atoms. The second-order valence-electron chi connectivity index (χ2n) is 3.01. The minimum absolute atomic E-state index is 0.407. The summed E-state index contributed by atoms with van der Waals surface area (Å²) in [4.78, 5) is 24.9. The lowest BCUT2D eigenvalue weighted by molar-refractivity contribution is 0.0601. The van der Waals surface area contributed by atoms with Crippen molar-refractivity contribution in [2.45, 2.75) is 0 Å². The highest BCUT2D eigenvalue weighted by Gasteiger charge is 1.99. The molecule has 0 aliphatic rings. The van der Waals surface area contributed by atoms with Crippen molar-refractivity contribution in [3.8, 4) is 0 Å². The molecular weight excluding hydrogens is 218 g/mol. The summed E-state index contributed by atoms with van der Waals surface area (Å²) in [7, 11) is 1.33. The maximum Gasteiger partial charge on any atom is 0.337 e. The Hall–Kier alpha value is -2.45. The minimum atomic E-state index is -0.407. The van der Waals surface area contributed by atoms with Gasteiger partial charge in [-0.1, -0.05) is 24.3 Å². The van der Waals surface area contributed by atoms with Gasteiger partial charge in [0.1, 0.15) is 0 Å². The van der Waals surface area contributed by atoms with E-state index in [2.05, 4.69) is 9.73 Å². The molecule has 1 rings (SSSR count). The van der Waals surface area contributed by atoms with Crippen molar-refractivity contribution in [1.29, 1.82) is 0 Å². The fourth-order valence-corrected chi connectivity index (χ4v) is 1.12. The maximum atomic E-state index is 11.3. The van der Waals surface area contributed by atoms with E-state index in [-0.39, 0.29) is 0 Å². The Bertz CT molecular complexity index is 476. The van der Waals surface area contributed by atoms with Crippen molar-refractivity contribution in [3.63, 3.8) is 0 Å². The van der Waals surface area contributed by atoms with Gasteiger partial charge in [-0.25, -0.2) is 9.59 Å². The van der Waals surface area contributed by atoms with Crippen molar-refractivity contribution in [2.75, 3.05) is 7.11 Å². The van der Waals surface area contributed by atoms with Crippen LogP contribution in [-0.4, -0.2) is 19.2 Å². The number of carbonyl (C=O) groups is 1. The first kappa shape index (κ1) is 12.6. The molecule has 1 aromatic carbocycles. The Labute approximate surface area is 98.9 Å². The van der Waals surface area contributed by atoms with Crippen molar-refractivity contribution >= 4 is 17.7 Å². The molecular formula is C13H11NO3. The predicted molar refractivity (Wildman–Crippen MR) is 63.2 cm³/mol. The Morgan fingerprint density at radius 3 is 2.12 bits per heavy atom. The summed E-state index contributed by atoms with van der Waals surface area (Å²) in [6, 6.07) is 13.1. The van der Waals surface area contributed by atoms with E-state index < -0.39 is 5.97 Å². The van der Waals surface area contributed by atoms with Crippen molar-refractivity contribution < 1.29 is 14.3 Å². The third kappa shape index (κ3) is 4.28. The van der Waals surface area contributed by atoms with Crippen molar-refractivity contribution in [2.24, 2.45) is 4.99 Å². The van der Waals surface area contributed by atoms with Crippen LogP contribution in [0, 0.1) is 0 Å². The number of esters is 1. The van der Waals surface area contributed by atoms with Crippen LogP contribution in [-0.2, 0) is 9.53 Å². The average Bonchev–Trinajstić information content (AvgIpc) is 2.36. The summed E-state index contributed by atoms with van der Waals surface area (Å²) >= 11 is 0.